The molecule has 1 aliphatic carbocycles. The van der Waals surface area contributed by atoms with E-state index in [1.807, 2.05) is 6.07 Å². The number of rotatable bonds is 5. The molecular formula is C17H19Cl2NO4. The average molecular weight is 372 g/mol. The number of carboxylic acids is 1. The van der Waals surface area contributed by atoms with E-state index in [9.17, 15) is 9.59 Å². The molecule has 1 N–H and O–H groups in total. The minimum atomic E-state index is -0.985. The topological polar surface area (TPSA) is 66.8 Å². The summed E-state index contributed by atoms with van der Waals surface area (Å²) in [5.74, 6) is -1.16. The molecule has 1 amide bonds. The van der Waals surface area contributed by atoms with Gasteiger partial charge in [-0.3, -0.25) is 9.59 Å². The van der Waals surface area contributed by atoms with E-state index >= 15 is 0 Å². The van der Waals surface area contributed by atoms with Gasteiger partial charge in [0.2, 0.25) is 5.91 Å². The molecule has 0 spiro atoms. The van der Waals surface area contributed by atoms with E-state index in [2.05, 4.69) is 0 Å². The van der Waals surface area contributed by atoms with Crippen LogP contribution in [0.3, 0.4) is 0 Å². The Morgan fingerprint density at radius 1 is 1.21 bits per heavy atom. The summed E-state index contributed by atoms with van der Waals surface area (Å²) in [6.45, 7) is 0.873. The first-order chi connectivity index (χ1) is 11.5. The Morgan fingerprint density at radius 2 is 1.92 bits per heavy atom. The van der Waals surface area contributed by atoms with Gasteiger partial charge in [0.25, 0.3) is 0 Å². The van der Waals surface area contributed by atoms with Gasteiger partial charge in [0.15, 0.2) is 0 Å². The molecule has 0 unspecified atom stereocenters. The van der Waals surface area contributed by atoms with Gasteiger partial charge in [0.05, 0.1) is 10.0 Å². The third kappa shape index (κ3) is 3.85. The van der Waals surface area contributed by atoms with Crippen LogP contribution in [0.4, 0.5) is 0 Å². The van der Waals surface area contributed by atoms with E-state index in [0.29, 0.717) is 36.1 Å². The summed E-state index contributed by atoms with van der Waals surface area (Å²) in [6, 6.07) is 5.34. The first-order valence-electron chi connectivity index (χ1n) is 8.02. The quantitative estimate of drug-likeness (QED) is 0.862. The summed E-state index contributed by atoms with van der Waals surface area (Å²) >= 11 is 12.0. The lowest BCUT2D eigenvalue weighted by Crippen LogP contribution is -2.46. The van der Waals surface area contributed by atoms with Crippen LogP contribution in [0.25, 0.3) is 0 Å². The first kappa shape index (κ1) is 17.5. The zero-order valence-electron chi connectivity index (χ0n) is 13.1. The Kier molecular flexibility index (Phi) is 5.33. The number of benzene rings is 1. The smallest absolute Gasteiger partial charge is 0.323 e. The molecule has 1 aromatic rings. The van der Waals surface area contributed by atoms with Crippen molar-refractivity contribution in [2.45, 2.75) is 31.2 Å². The number of amides is 1. The van der Waals surface area contributed by atoms with Crippen molar-refractivity contribution in [1.82, 2.24) is 4.90 Å². The molecule has 1 saturated heterocycles. The number of carboxylic acid groups (broad SMARTS) is 1. The zero-order valence-corrected chi connectivity index (χ0v) is 14.6. The highest BCUT2D eigenvalue weighted by atomic mass is 35.5. The highest BCUT2D eigenvalue weighted by Crippen LogP contribution is 2.49. The van der Waals surface area contributed by atoms with Crippen LogP contribution in [0, 0.1) is 5.92 Å². The summed E-state index contributed by atoms with van der Waals surface area (Å²) in [6.07, 6.45) is 2.09. The second-order valence-electron chi connectivity index (χ2n) is 6.33. The van der Waals surface area contributed by atoms with Gasteiger partial charge in [0, 0.05) is 25.2 Å². The summed E-state index contributed by atoms with van der Waals surface area (Å²) in [4.78, 5) is 25.5. The Balaban J connectivity index is 1.71. The van der Waals surface area contributed by atoms with Crippen molar-refractivity contribution < 1.29 is 19.4 Å². The van der Waals surface area contributed by atoms with Crippen molar-refractivity contribution in [1.29, 1.82) is 0 Å². The van der Waals surface area contributed by atoms with Crippen molar-refractivity contribution in [3.8, 4) is 0 Å². The molecule has 2 atom stereocenters. The van der Waals surface area contributed by atoms with E-state index in [4.69, 9.17) is 33.0 Å². The maximum Gasteiger partial charge on any atom is 0.323 e. The number of carbonyl (C=O) groups is 2. The molecule has 7 heteroatoms. The molecule has 1 heterocycles. The fourth-order valence-electron chi connectivity index (χ4n) is 3.32. The molecule has 1 aromatic carbocycles. The molecule has 2 fully saturated rings. The fourth-order valence-corrected chi connectivity index (χ4v) is 3.63. The molecule has 0 radical (unpaired) electrons. The van der Waals surface area contributed by atoms with Crippen molar-refractivity contribution >= 4 is 35.1 Å². The van der Waals surface area contributed by atoms with Crippen LogP contribution in [0.2, 0.25) is 10.0 Å². The Morgan fingerprint density at radius 3 is 2.54 bits per heavy atom. The van der Waals surface area contributed by atoms with Crippen molar-refractivity contribution in [2.75, 3.05) is 19.8 Å². The molecule has 2 aliphatic rings. The molecule has 5 nitrogen and oxygen atoms in total. The van der Waals surface area contributed by atoms with E-state index < -0.39 is 5.97 Å². The highest BCUT2D eigenvalue weighted by Gasteiger charge is 2.47. The van der Waals surface area contributed by atoms with Crippen LogP contribution in [0.15, 0.2) is 18.2 Å². The maximum atomic E-state index is 12.8. The largest absolute Gasteiger partial charge is 0.480 e. The minimum absolute atomic E-state index is 0.0580. The SMILES string of the molecule is O=C(O)CN(C(=O)[C@@H]1C[C@H]1c1ccc(Cl)c(Cl)c1)C1CCOCC1. The molecular weight excluding hydrogens is 353 g/mol. The maximum absolute atomic E-state index is 12.8. The van der Waals surface area contributed by atoms with Crippen molar-refractivity contribution in [2.24, 2.45) is 5.92 Å². The van der Waals surface area contributed by atoms with Crippen LogP contribution < -0.4 is 0 Å². The number of halogens is 2. The number of ether oxygens (including phenoxy) is 1. The summed E-state index contributed by atoms with van der Waals surface area (Å²) in [5.41, 5.74) is 0.977. The predicted molar refractivity (Wildman–Crippen MR) is 90.5 cm³/mol. The van der Waals surface area contributed by atoms with E-state index in [0.717, 1.165) is 12.0 Å². The molecule has 130 valence electrons. The lowest BCUT2D eigenvalue weighted by molar-refractivity contribution is -0.148. The van der Waals surface area contributed by atoms with Crippen LogP contribution in [0.1, 0.15) is 30.7 Å². The number of hydrogen-bond donors (Lipinski definition) is 1. The lowest BCUT2D eigenvalue weighted by atomic mass is 10.0. The van der Waals surface area contributed by atoms with Crippen LogP contribution in [-0.2, 0) is 14.3 Å². The summed E-state index contributed by atoms with van der Waals surface area (Å²) < 4.78 is 5.31. The summed E-state index contributed by atoms with van der Waals surface area (Å²) in [5, 5.41) is 10.1. The molecule has 1 saturated carbocycles. The lowest BCUT2D eigenvalue weighted by Gasteiger charge is -2.33. The second-order valence-corrected chi connectivity index (χ2v) is 7.14. The van der Waals surface area contributed by atoms with Gasteiger partial charge >= 0.3 is 5.97 Å². The second kappa shape index (κ2) is 7.30. The predicted octanol–water partition coefficient (Wildman–Crippen LogP) is 3.19. The van der Waals surface area contributed by atoms with Gasteiger partial charge in [-0.2, -0.15) is 0 Å². The number of hydrogen-bond acceptors (Lipinski definition) is 3. The van der Waals surface area contributed by atoms with Gasteiger partial charge in [-0.25, -0.2) is 0 Å². The van der Waals surface area contributed by atoms with Crippen molar-refractivity contribution in [3.63, 3.8) is 0 Å². The molecule has 0 aromatic heterocycles. The van der Waals surface area contributed by atoms with E-state index in [-0.39, 0.29) is 30.3 Å². The van der Waals surface area contributed by atoms with E-state index in [1.165, 1.54) is 4.90 Å². The number of nitrogens with zero attached hydrogens (tertiary/aromatic N) is 1. The van der Waals surface area contributed by atoms with Crippen LogP contribution >= 0.6 is 23.2 Å². The standard InChI is InChI=1S/C17H19Cl2NO4/c18-14-2-1-10(7-15(14)19)12-8-13(12)17(23)20(9-16(21)22)11-3-5-24-6-4-11/h1-2,7,11-13H,3-6,8-9H2,(H,21,22)/t12-,13+/m0/s1. The van der Waals surface area contributed by atoms with Crippen molar-refractivity contribution in [3.05, 3.63) is 33.8 Å². The minimum Gasteiger partial charge on any atom is -0.480 e. The number of aliphatic carboxylic acids is 1. The first-order valence-corrected chi connectivity index (χ1v) is 8.78. The molecule has 24 heavy (non-hydrogen) atoms. The Labute approximate surface area is 150 Å². The van der Waals surface area contributed by atoms with Gasteiger partial charge in [-0.05, 0) is 42.9 Å². The van der Waals surface area contributed by atoms with Crippen LogP contribution in [-0.4, -0.2) is 47.7 Å². The van der Waals surface area contributed by atoms with Gasteiger partial charge in [0.1, 0.15) is 6.54 Å². The molecule has 3 rings (SSSR count). The fraction of sp³-hybridized carbons (Fsp3) is 0.529. The van der Waals surface area contributed by atoms with Gasteiger partial charge < -0.3 is 14.7 Å². The third-order valence-electron chi connectivity index (χ3n) is 4.70. The van der Waals surface area contributed by atoms with Gasteiger partial charge in [-0.1, -0.05) is 29.3 Å². The monoisotopic (exact) mass is 371 g/mol. The average Bonchev–Trinajstić information content (AvgIpc) is 3.36. The Bertz CT molecular complexity index is 645. The van der Waals surface area contributed by atoms with Crippen LogP contribution in [0.5, 0.6) is 0 Å². The Hall–Kier alpha value is -1.30. The summed E-state index contributed by atoms with van der Waals surface area (Å²) in [7, 11) is 0. The third-order valence-corrected chi connectivity index (χ3v) is 5.44. The normalized spacial score (nSPS) is 23.8. The van der Waals surface area contributed by atoms with Gasteiger partial charge in [-0.15, -0.1) is 0 Å². The molecule has 1 aliphatic heterocycles. The molecule has 0 bridgehead atoms. The zero-order chi connectivity index (χ0) is 17.3. The highest BCUT2D eigenvalue weighted by molar-refractivity contribution is 6.42. The van der Waals surface area contributed by atoms with E-state index in [1.54, 1.807) is 12.1 Å². The number of carbonyl (C=O) groups excluding carboxylic acids is 1.